The van der Waals surface area contributed by atoms with Gasteiger partial charge in [-0.25, -0.2) is 4.79 Å². The van der Waals surface area contributed by atoms with Crippen LogP contribution in [0.5, 0.6) is 0 Å². The summed E-state index contributed by atoms with van der Waals surface area (Å²) in [5.74, 6) is -1.58. The molecule has 0 radical (unpaired) electrons. The zero-order valence-corrected chi connectivity index (χ0v) is 17.4. The number of hydrogen-bond donors (Lipinski definition) is 1. The number of amides is 1. The van der Waals surface area contributed by atoms with E-state index in [0.29, 0.717) is 5.56 Å². The highest BCUT2D eigenvalue weighted by Crippen LogP contribution is 2.36. The summed E-state index contributed by atoms with van der Waals surface area (Å²) in [5.41, 5.74) is 5.07. The third-order valence-corrected chi connectivity index (χ3v) is 5.42. The van der Waals surface area contributed by atoms with Crippen LogP contribution in [0.2, 0.25) is 0 Å². The summed E-state index contributed by atoms with van der Waals surface area (Å²) in [6.07, 6.45) is 2.23. The number of benzene rings is 2. The largest absolute Gasteiger partial charge is 0.459 e. The maximum atomic E-state index is 12.7. The average molecular weight is 417 g/mol. The first kappa shape index (κ1) is 20.6. The summed E-state index contributed by atoms with van der Waals surface area (Å²) in [5, 5.41) is 2.61. The van der Waals surface area contributed by atoms with Crippen LogP contribution in [-0.4, -0.2) is 30.3 Å². The number of carbonyl (C=O) groups excluding carboxylic acids is 3. The van der Waals surface area contributed by atoms with Crippen LogP contribution in [0.25, 0.3) is 11.1 Å². The van der Waals surface area contributed by atoms with Gasteiger partial charge < -0.3 is 14.5 Å². The Hall–Kier alpha value is -3.67. The number of carbonyl (C=O) groups is 3. The van der Waals surface area contributed by atoms with Gasteiger partial charge in [-0.3, -0.25) is 9.59 Å². The van der Waals surface area contributed by atoms with E-state index >= 15 is 0 Å². The predicted molar refractivity (Wildman–Crippen MR) is 115 cm³/mol. The second kappa shape index (κ2) is 8.60. The first-order valence-electron chi connectivity index (χ1n) is 10.2. The smallest absolute Gasteiger partial charge is 0.329 e. The summed E-state index contributed by atoms with van der Waals surface area (Å²) in [4.78, 5) is 37.5. The fraction of sp³-hybridized carbons (Fsp3) is 0.240. The molecule has 0 fully saturated rings. The number of rotatable bonds is 7. The van der Waals surface area contributed by atoms with Crippen LogP contribution in [0.1, 0.15) is 45.9 Å². The fourth-order valence-electron chi connectivity index (χ4n) is 3.72. The van der Waals surface area contributed by atoms with Crippen LogP contribution in [0, 0.1) is 5.92 Å². The summed E-state index contributed by atoms with van der Waals surface area (Å²) in [6.45, 7) is 3.18. The molecule has 0 spiro atoms. The molecule has 1 heterocycles. The van der Waals surface area contributed by atoms with E-state index < -0.39 is 17.9 Å². The second-order valence-corrected chi connectivity index (χ2v) is 7.91. The lowest BCUT2D eigenvalue weighted by Crippen LogP contribution is -2.45. The molecular weight excluding hydrogens is 394 g/mol. The van der Waals surface area contributed by atoms with Crippen LogP contribution in [-0.2, 0) is 16.0 Å². The molecule has 3 aromatic rings. The Labute approximate surface area is 180 Å². The maximum absolute atomic E-state index is 12.7. The Kier molecular flexibility index (Phi) is 5.71. The molecule has 0 unspecified atom stereocenters. The number of Topliss-reactive ketones (excluding diaryl/α,β-unsaturated/α-hetero) is 1. The summed E-state index contributed by atoms with van der Waals surface area (Å²) in [7, 11) is 0. The van der Waals surface area contributed by atoms with Crippen molar-refractivity contribution in [2.24, 2.45) is 5.92 Å². The Bertz CT molecular complexity index is 1130. The number of ether oxygens (including phenoxy) is 1. The highest BCUT2D eigenvalue weighted by atomic mass is 16.5. The fourth-order valence-corrected chi connectivity index (χ4v) is 3.72. The van der Waals surface area contributed by atoms with E-state index in [9.17, 15) is 14.4 Å². The summed E-state index contributed by atoms with van der Waals surface area (Å²) < 4.78 is 10.3. The van der Waals surface area contributed by atoms with Gasteiger partial charge in [0.2, 0.25) is 0 Å². The van der Waals surface area contributed by atoms with E-state index in [1.54, 1.807) is 26.0 Å². The van der Waals surface area contributed by atoms with Crippen molar-refractivity contribution in [3.63, 3.8) is 0 Å². The minimum Gasteiger partial charge on any atom is -0.459 e. The second-order valence-electron chi connectivity index (χ2n) is 7.91. The van der Waals surface area contributed by atoms with E-state index in [1.165, 1.54) is 23.5 Å². The topological polar surface area (TPSA) is 85.6 Å². The van der Waals surface area contributed by atoms with E-state index in [-0.39, 0.29) is 24.1 Å². The molecule has 0 aliphatic heterocycles. The Morgan fingerprint density at radius 3 is 2.52 bits per heavy atom. The third-order valence-electron chi connectivity index (χ3n) is 5.42. The lowest BCUT2D eigenvalue weighted by atomic mass is 10.0. The van der Waals surface area contributed by atoms with Crippen molar-refractivity contribution in [2.45, 2.75) is 26.3 Å². The van der Waals surface area contributed by atoms with Gasteiger partial charge in [0.15, 0.2) is 18.2 Å². The van der Waals surface area contributed by atoms with E-state index in [2.05, 4.69) is 11.4 Å². The van der Waals surface area contributed by atoms with E-state index in [4.69, 9.17) is 9.15 Å². The molecule has 1 amide bonds. The molecule has 1 aliphatic rings. The van der Waals surface area contributed by atoms with Gasteiger partial charge in [-0.1, -0.05) is 50.2 Å². The SMILES string of the molecule is CC(C)[C@@H](NC(=O)c1ccco1)C(=O)OCC(=O)c1ccc2c(c1)-c1ccccc1C2. The monoisotopic (exact) mass is 417 g/mol. The predicted octanol–water partition coefficient (Wildman–Crippen LogP) is 4.03. The molecule has 0 saturated carbocycles. The highest BCUT2D eigenvalue weighted by Gasteiger charge is 2.28. The van der Waals surface area contributed by atoms with Crippen molar-refractivity contribution in [1.29, 1.82) is 0 Å². The van der Waals surface area contributed by atoms with Crippen molar-refractivity contribution in [2.75, 3.05) is 6.61 Å². The number of nitrogens with one attached hydrogen (secondary N) is 1. The lowest BCUT2D eigenvalue weighted by Gasteiger charge is -2.20. The van der Waals surface area contributed by atoms with Gasteiger partial charge in [0, 0.05) is 5.56 Å². The molecule has 1 aliphatic carbocycles. The summed E-state index contributed by atoms with van der Waals surface area (Å²) in [6, 6.07) is 15.9. The first-order valence-corrected chi connectivity index (χ1v) is 10.2. The van der Waals surface area contributed by atoms with E-state index in [1.807, 2.05) is 30.3 Å². The molecule has 6 nitrogen and oxygen atoms in total. The number of fused-ring (bicyclic) bond motifs is 3. The van der Waals surface area contributed by atoms with Gasteiger partial charge >= 0.3 is 5.97 Å². The average Bonchev–Trinajstić information content (AvgIpc) is 3.42. The van der Waals surface area contributed by atoms with Gasteiger partial charge in [-0.2, -0.15) is 0 Å². The third kappa shape index (κ3) is 4.28. The first-order chi connectivity index (χ1) is 14.9. The zero-order chi connectivity index (χ0) is 22.0. The minimum atomic E-state index is -0.891. The Morgan fingerprint density at radius 1 is 1.00 bits per heavy atom. The van der Waals surface area contributed by atoms with Crippen molar-refractivity contribution in [1.82, 2.24) is 5.32 Å². The quantitative estimate of drug-likeness (QED) is 0.362. The van der Waals surface area contributed by atoms with Gasteiger partial charge in [-0.05, 0) is 52.8 Å². The van der Waals surface area contributed by atoms with Crippen molar-refractivity contribution < 1.29 is 23.5 Å². The minimum absolute atomic E-state index is 0.105. The van der Waals surface area contributed by atoms with Crippen molar-refractivity contribution in [3.8, 4) is 11.1 Å². The molecule has 158 valence electrons. The number of esters is 1. The molecule has 1 aromatic heterocycles. The zero-order valence-electron chi connectivity index (χ0n) is 17.4. The van der Waals surface area contributed by atoms with E-state index in [0.717, 1.165) is 17.5 Å². The van der Waals surface area contributed by atoms with Crippen LogP contribution in [0.15, 0.2) is 65.3 Å². The molecule has 0 bridgehead atoms. The molecule has 6 heteroatoms. The van der Waals surface area contributed by atoms with Gasteiger partial charge in [0.05, 0.1) is 6.26 Å². The Balaban J connectivity index is 1.41. The molecule has 1 atom stereocenters. The lowest BCUT2D eigenvalue weighted by molar-refractivity contribution is -0.145. The standard InChI is InChI=1S/C25H23NO5/c1-15(2)23(26-24(28)22-8-5-11-30-22)25(29)31-14-21(27)18-10-9-17-12-16-6-3-4-7-19(16)20(17)13-18/h3-11,13,15,23H,12,14H2,1-2H3,(H,26,28)/t23-/m1/s1. The number of ketones is 1. The Morgan fingerprint density at radius 2 is 1.77 bits per heavy atom. The van der Waals surface area contributed by atoms with Gasteiger partial charge in [-0.15, -0.1) is 0 Å². The van der Waals surface area contributed by atoms with Crippen LogP contribution >= 0.6 is 0 Å². The molecule has 2 aromatic carbocycles. The normalized spacial score (nSPS) is 12.7. The molecule has 0 saturated heterocycles. The molecule has 31 heavy (non-hydrogen) atoms. The molecule has 4 rings (SSSR count). The van der Waals surface area contributed by atoms with Crippen LogP contribution < -0.4 is 5.32 Å². The van der Waals surface area contributed by atoms with Crippen molar-refractivity contribution in [3.05, 3.63) is 83.3 Å². The number of hydrogen-bond acceptors (Lipinski definition) is 5. The van der Waals surface area contributed by atoms with Gasteiger partial charge in [0.1, 0.15) is 6.04 Å². The van der Waals surface area contributed by atoms with Crippen LogP contribution in [0.3, 0.4) is 0 Å². The highest BCUT2D eigenvalue weighted by molar-refractivity contribution is 6.00. The summed E-state index contributed by atoms with van der Waals surface area (Å²) >= 11 is 0. The van der Waals surface area contributed by atoms with Crippen LogP contribution in [0.4, 0.5) is 0 Å². The van der Waals surface area contributed by atoms with Crippen molar-refractivity contribution >= 4 is 17.7 Å². The molecule has 1 N–H and O–H groups in total. The van der Waals surface area contributed by atoms with Gasteiger partial charge in [0.25, 0.3) is 5.91 Å². The molecular formula is C25H23NO5. The number of furan rings is 1. The maximum Gasteiger partial charge on any atom is 0.329 e.